The van der Waals surface area contributed by atoms with Crippen molar-refractivity contribution in [2.45, 2.75) is 5.92 Å². The average Bonchev–Trinajstić information content (AvgIpc) is 2.42. The van der Waals surface area contributed by atoms with Crippen molar-refractivity contribution in [1.82, 2.24) is 0 Å². The fourth-order valence-electron chi connectivity index (χ4n) is 1.97. The van der Waals surface area contributed by atoms with E-state index in [0.717, 1.165) is 5.57 Å². The van der Waals surface area contributed by atoms with Gasteiger partial charge in [-0.3, -0.25) is 0 Å². The molecule has 0 fully saturated rings. The van der Waals surface area contributed by atoms with Gasteiger partial charge in [-0.15, -0.1) is 6.58 Å². The molecule has 0 aliphatic heterocycles. The predicted molar refractivity (Wildman–Crippen MR) is 74.9 cm³/mol. The number of allylic oxidation sites excluding steroid dienone is 2. The Bertz CT molecular complexity index is 494. The molecule has 0 spiro atoms. The SMILES string of the molecule is C=CC(C(=C)c1ccccc1)c1ccccc1. The maximum absolute atomic E-state index is 4.20. The van der Waals surface area contributed by atoms with Crippen LogP contribution in [0.25, 0.3) is 5.57 Å². The Kier molecular flexibility index (Phi) is 3.56. The van der Waals surface area contributed by atoms with Crippen LogP contribution in [0, 0.1) is 0 Å². The first kappa shape index (κ1) is 11.4. The second-order valence-corrected chi connectivity index (χ2v) is 4.02. The first-order valence-corrected chi connectivity index (χ1v) is 5.74. The summed E-state index contributed by atoms with van der Waals surface area (Å²) in [6, 6.07) is 20.6. The van der Waals surface area contributed by atoms with Crippen molar-refractivity contribution in [2.24, 2.45) is 0 Å². The van der Waals surface area contributed by atoms with Gasteiger partial charge in [0.25, 0.3) is 0 Å². The normalized spacial score (nSPS) is 11.8. The fraction of sp³-hybridized carbons (Fsp3) is 0.0588. The third-order valence-electron chi connectivity index (χ3n) is 2.91. The molecule has 0 saturated carbocycles. The molecule has 0 nitrogen and oxygen atoms in total. The van der Waals surface area contributed by atoms with Crippen molar-refractivity contribution >= 4 is 5.57 Å². The van der Waals surface area contributed by atoms with Gasteiger partial charge >= 0.3 is 0 Å². The van der Waals surface area contributed by atoms with Gasteiger partial charge in [0.1, 0.15) is 0 Å². The zero-order chi connectivity index (χ0) is 12.1. The van der Waals surface area contributed by atoms with Gasteiger partial charge in [0.2, 0.25) is 0 Å². The highest BCUT2D eigenvalue weighted by atomic mass is 14.2. The second-order valence-electron chi connectivity index (χ2n) is 4.02. The lowest BCUT2D eigenvalue weighted by molar-refractivity contribution is 1.11. The second kappa shape index (κ2) is 5.31. The van der Waals surface area contributed by atoms with E-state index in [2.05, 4.69) is 37.4 Å². The van der Waals surface area contributed by atoms with Crippen LogP contribution in [-0.2, 0) is 0 Å². The summed E-state index contributed by atoms with van der Waals surface area (Å²) in [6.45, 7) is 8.12. The van der Waals surface area contributed by atoms with E-state index in [1.165, 1.54) is 11.1 Å². The highest BCUT2D eigenvalue weighted by Gasteiger charge is 2.12. The summed E-state index contributed by atoms with van der Waals surface area (Å²) in [5.74, 6) is 0.179. The minimum atomic E-state index is 0.179. The smallest absolute Gasteiger partial charge is 0.0267 e. The molecule has 1 unspecified atom stereocenters. The molecule has 0 heterocycles. The van der Waals surface area contributed by atoms with Gasteiger partial charge in [-0.25, -0.2) is 0 Å². The molecule has 0 aliphatic carbocycles. The first-order chi connectivity index (χ1) is 8.33. The zero-order valence-electron chi connectivity index (χ0n) is 9.84. The van der Waals surface area contributed by atoms with E-state index >= 15 is 0 Å². The van der Waals surface area contributed by atoms with Crippen LogP contribution in [0.2, 0.25) is 0 Å². The van der Waals surface area contributed by atoms with Crippen LogP contribution in [0.3, 0.4) is 0 Å². The Morgan fingerprint density at radius 2 is 1.41 bits per heavy atom. The third-order valence-corrected chi connectivity index (χ3v) is 2.91. The van der Waals surface area contributed by atoms with E-state index in [0.29, 0.717) is 0 Å². The average molecular weight is 220 g/mol. The molecule has 17 heavy (non-hydrogen) atoms. The van der Waals surface area contributed by atoms with E-state index in [-0.39, 0.29) is 5.92 Å². The van der Waals surface area contributed by atoms with Crippen molar-refractivity contribution in [2.75, 3.05) is 0 Å². The van der Waals surface area contributed by atoms with E-state index in [1.54, 1.807) is 0 Å². The van der Waals surface area contributed by atoms with Crippen LogP contribution in [0.1, 0.15) is 17.0 Å². The molecule has 0 aromatic heterocycles. The third kappa shape index (κ3) is 2.54. The summed E-state index contributed by atoms with van der Waals surface area (Å²) in [6.07, 6.45) is 1.95. The molecular formula is C17H16. The van der Waals surface area contributed by atoms with Crippen molar-refractivity contribution in [3.63, 3.8) is 0 Å². The van der Waals surface area contributed by atoms with Gasteiger partial charge in [0.15, 0.2) is 0 Å². The Morgan fingerprint density at radius 3 is 1.94 bits per heavy atom. The number of rotatable bonds is 4. The lowest BCUT2D eigenvalue weighted by atomic mass is 9.88. The van der Waals surface area contributed by atoms with Gasteiger partial charge in [0.05, 0.1) is 0 Å². The molecule has 0 radical (unpaired) electrons. The van der Waals surface area contributed by atoms with Crippen molar-refractivity contribution < 1.29 is 0 Å². The molecule has 1 atom stereocenters. The van der Waals surface area contributed by atoms with E-state index in [4.69, 9.17) is 0 Å². The predicted octanol–water partition coefficient (Wildman–Crippen LogP) is 4.67. The zero-order valence-corrected chi connectivity index (χ0v) is 9.84. The summed E-state index contributed by atoms with van der Waals surface area (Å²) in [5.41, 5.74) is 3.49. The quantitative estimate of drug-likeness (QED) is 0.657. The molecule has 0 amide bonds. The molecule has 2 aromatic carbocycles. The summed E-state index contributed by atoms with van der Waals surface area (Å²) in [7, 11) is 0. The minimum Gasteiger partial charge on any atom is -0.102 e. The molecule has 0 saturated heterocycles. The number of hydrogen-bond donors (Lipinski definition) is 0. The van der Waals surface area contributed by atoms with Crippen LogP contribution in [0.15, 0.2) is 79.9 Å². The minimum absolute atomic E-state index is 0.179. The molecular weight excluding hydrogens is 204 g/mol. The first-order valence-electron chi connectivity index (χ1n) is 5.74. The van der Waals surface area contributed by atoms with Crippen molar-refractivity contribution in [3.8, 4) is 0 Å². The molecule has 0 N–H and O–H groups in total. The highest BCUT2D eigenvalue weighted by molar-refractivity contribution is 5.71. The summed E-state index contributed by atoms with van der Waals surface area (Å²) in [5, 5.41) is 0. The highest BCUT2D eigenvalue weighted by Crippen LogP contribution is 2.31. The van der Waals surface area contributed by atoms with E-state index in [9.17, 15) is 0 Å². The molecule has 0 heteroatoms. The maximum atomic E-state index is 4.20. The van der Waals surface area contributed by atoms with Crippen LogP contribution < -0.4 is 0 Å². The van der Waals surface area contributed by atoms with Gasteiger partial charge < -0.3 is 0 Å². The largest absolute Gasteiger partial charge is 0.102 e. The molecule has 0 bridgehead atoms. The van der Waals surface area contributed by atoms with Gasteiger partial charge in [0, 0.05) is 5.92 Å². The van der Waals surface area contributed by atoms with Crippen LogP contribution in [0.5, 0.6) is 0 Å². The Hall–Kier alpha value is -2.08. The Morgan fingerprint density at radius 1 is 0.882 bits per heavy atom. The molecule has 2 rings (SSSR count). The lowest BCUT2D eigenvalue weighted by Crippen LogP contribution is -1.97. The van der Waals surface area contributed by atoms with Crippen LogP contribution >= 0.6 is 0 Å². The standard InChI is InChI=1S/C17H16/c1-3-17(16-12-8-5-9-13-16)14(2)15-10-6-4-7-11-15/h3-13,17H,1-2H2. The topological polar surface area (TPSA) is 0 Å². The fourth-order valence-corrected chi connectivity index (χ4v) is 1.97. The summed E-state index contributed by atoms with van der Waals surface area (Å²) >= 11 is 0. The molecule has 2 aromatic rings. The van der Waals surface area contributed by atoms with Crippen LogP contribution in [-0.4, -0.2) is 0 Å². The molecule has 84 valence electrons. The summed E-state index contributed by atoms with van der Waals surface area (Å²) in [4.78, 5) is 0. The van der Waals surface area contributed by atoms with Crippen molar-refractivity contribution in [1.29, 1.82) is 0 Å². The molecule has 0 aliphatic rings. The van der Waals surface area contributed by atoms with Gasteiger partial charge in [-0.2, -0.15) is 0 Å². The van der Waals surface area contributed by atoms with E-state index in [1.807, 2.05) is 42.5 Å². The monoisotopic (exact) mass is 220 g/mol. The maximum Gasteiger partial charge on any atom is 0.0267 e. The Labute approximate surface area is 103 Å². The Balaban J connectivity index is 2.32. The van der Waals surface area contributed by atoms with Crippen molar-refractivity contribution in [3.05, 3.63) is 91.0 Å². The van der Waals surface area contributed by atoms with Gasteiger partial charge in [-0.05, 0) is 16.7 Å². The van der Waals surface area contributed by atoms with Gasteiger partial charge in [-0.1, -0.05) is 73.3 Å². The lowest BCUT2D eigenvalue weighted by Gasteiger charge is -2.16. The summed E-state index contributed by atoms with van der Waals surface area (Å²) < 4.78 is 0. The van der Waals surface area contributed by atoms with Crippen LogP contribution in [0.4, 0.5) is 0 Å². The number of benzene rings is 2. The van der Waals surface area contributed by atoms with E-state index < -0.39 is 0 Å². The number of hydrogen-bond acceptors (Lipinski definition) is 0.